The quantitative estimate of drug-likeness (QED) is 0.624. The number of rotatable bonds is 8. The molecule has 0 amide bonds. The highest BCUT2D eigenvalue weighted by atomic mass is 32.2. The maximum Gasteiger partial charge on any atom is 0.00683 e. The molecule has 1 unspecified atom stereocenters. The minimum Gasteiger partial charge on any atom is -0.314 e. The summed E-state index contributed by atoms with van der Waals surface area (Å²) in [5, 5.41) is 3.59. The molecule has 1 nitrogen and oxygen atoms in total. The van der Waals surface area contributed by atoms with Crippen LogP contribution in [0, 0.1) is 11.8 Å². The lowest BCUT2D eigenvalue weighted by Crippen LogP contribution is -2.24. The molecule has 0 heterocycles. The van der Waals surface area contributed by atoms with Crippen LogP contribution in [0.2, 0.25) is 0 Å². The Morgan fingerprint density at radius 1 is 1.29 bits per heavy atom. The highest BCUT2D eigenvalue weighted by Crippen LogP contribution is 2.19. The Balaban J connectivity index is 1.83. The third kappa shape index (κ3) is 6.72. The van der Waals surface area contributed by atoms with Crippen molar-refractivity contribution in [3.63, 3.8) is 0 Å². The Morgan fingerprint density at radius 2 is 2.00 bits per heavy atom. The molecule has 14 heavy (non-hydrogen) atoms. The van der Waals surface area contributed by atoms with Crippen molar-refractivity contribution in [1.82, 2.24) is 5.32 Å². The van der Waals surface area contributed by atoms with Gasteiger partial charge < -0.3 is 5.32 Å². The molecule has 0 aromatic heterocycles. The zero-order valence-corrected chi connectivity index (χ0v) is 10.7. The van der Waals surface area contributed by atoms with Gasteiger partial charge in [-0.05, 0) is 49.1 Å². The Bertz CT molecular complexity index is 143. The monoisotopic (exact) mass is 215 g/mol. The Hall–Kier alpha value is 0.310. The third-order valence-electron chi connectivity index (χ3n) is 2.57. The Kier molecular flexibility index (Phi) is 5.95. The molecule has 0 aromatic carbocycles. The first-order chi connectivity index (χ1) is 6.68. The van der Waals surface area contributed by atoms with Crippen LogP contribution in [0.4, 0.5) is 0 Å². The third-order valence-corrected chi connectivity index (χ3v) is 3.90. The molecule has 2 heteroatoms. The molecule has 84 valence electrons. The van der Waals surface area contributed by atoms with Crippen LogP contribution in [0.5, 0.6) is 0 Å². The molecular weight excluding hydrogens is 190 g/mol. The van der Waals surface area contributed by atoms with Gasteiger partial charge in [0.25, 0.3) is 0 Å². The van der Waals surface area contributed by atoms with E-state index < -0.39 is 0 Å². The maximum atomic E-state index is 3.59. The summed E-state index contributed by atoms with van der Waals surface area (Å²) in [4.78, 5) is 0. The van der Waals surface area contributed by atoms with E-state index >= 15 is 0 Å². The van der Waals surface area contributed by atoms with Gasteiger partial charge in [0.15, 0.2) is 0 Å². The van der Waals surface area contributed by atoms with Crippen LogP contribution in [0.25, 0.3) is 0 Å². The van der Waals surface area contributed by atoms with Crippen LogP contribution in [0.1, 0.15) is 40.0 Å². The molecule has 0 aliphatic heterocycles. The maximum absolute atomic E-state index is 3.59. The zero-order valence-electron chi connectivity index (χ0n) is 9.88. The van der Waals surface area contributed by atoms with Crippen molar-refractivity contribution >= 4 is 11.8 Å². The van der Waals surface area contributed by atoms with Gasteiger partial charge in [0, 0.05) is 6.04 Å². The van der Waals surface area contributed by atoms with Crippen LogP contribution in [0.3, 0.4) is 0 Å². The fraction of sp³-hybridized carbons (Fsp3) is 1.00. The van der Waals surface area contributed by atoms with E-state index in [4.69, 9.17) is 0 Å². The summed E-state index contributed by atoms with van der Waals surface area (Å²) in [6.45, 7) is 8.19. The summed E-state index contributed by atoms with van der Waals surface area (Å²) in [5.41, 5.74) is 0. The molecule has 0 saturated heterocycles. The van der Waals surface area contributed by atoms with Gasteiger partial charge in [-0.25, -0.2) is 0 Å². The molecule has 1 atom stereocenters. The molecule has 1 fully saturated rings. The molecule has 1 rings (SSSR count). The lowest BCUT2D eigenvalue weighted by atomic mass is 10.2. The van der Waals surface area contributed by atoms with Crippen molar-refractivity contribution < 1.29 is 0 Å². The zero-order chi connectivity index (χ0) is 10.4. The molecule has 0 spiro atoms. The van der Waals surface area contributed by atoms with Crippen LogP contribution >= 0.6 is 11.8 Å². The Labute approximate surface area is 93.4 Å². The van der Waals surface area contributed by atoms with E-state index in [0.29, 0.717) is 0 Å². The highest BCUT2D eigenvalue weighted by Gasteiger charge is 2.20. The van der Waals surface area contributed by atoms with Crippen LogP contribution in [-0.4, -0.2) is 24.1 Å². The number of thioether (sulfide) groups is 1. The first kappa shape index (κ1) is 12.4. The van der Waals surface area contributed by atoms with Gasteiger partial charge in [0.05, 0.1) is 0 Å². The van der Waals surface area contributed by atoms with E-state index in [1.165, 1.54) is 37.3 Å². The lowest BCUT2D eigenvalue weighted by Gasteiger charge is -2.12. The molecule has 1 aliphatic rings. The van der Waals surface area contributed by atoms with Gasteiger partial charge in [-0.2, -0.15) is 11.8 Å². The fourth-order valence-corrected chi connectivity index (χ4v) is 2.64. The normalized spacial score (nSPS) is 18.9. The molecule has 0 radical (unpaired) electrons. The van der Waals surface area contributed by atoms with Gasteiger partial charge in [-0.3, -0.25) is 0 Å². The van der Waals surface area contributed by atoms with Crippen LogP contribution in [0.15, 0.2) is 0 Å². The van der Waals surface area contributed by atoms with Crippen molar-refractivity contribution in [2.75, 3.05) is 18.1 Å². The number of nitrogens with one attached hydrogen (secondary N) is 1. The van der Waals surface area contributed by atoms with Gasteiger partial charge in [-0.15, -0.1) is 0 Å². The van der Waals surface area contributed by atoms with E-state index in [0.717, 1.165) is 17.9 Å². The molecule has 1 saturated carbocycles. The topological polar surface area (TPSA) is 12.0 Å². The first-order valence-electron chi connectivity index (χ1n) is 5.99. The molecule has 1 N–H and O–H groups in total. The molecule has 0 bridgehead atoms. The number of hydrogen-bond acceptors (Lipinski definition) is 2. The first-order valence-corrected chi connectivity index (χ1v) is 7.15. The fourth-order valence-electron chi connectivity index (χ4n) is 1.32. The van der Waals surface area contributed by atoms with E-state index in [9.17, 15) is 0 Å². The molecular formula is C12H25NS. The van der Waals surface area contributed by atoms with Gasteiger partial charge in [0.1, 0.15) is 0 Å². The SMILES string of the molecule is CC(C)CCSCC(C)CNC1CC1. The average Bonchev–Trinajstić information content (AvgIpc) is 2.92. The van der Waals surface area contributed by atoms with E-state index in [2.05, 4.69) is 37.8 Å². The van der Waals surface area contributed by atoms with E-state index in [1.807, 2.05) is 0 Å². The second-order valence-electron chi connectivity index (χ2n) is 5.05. The summed E-state index contributed by atoms with van der Waals surface area (Å²) in [6, 6.07) is 0.873. The summed E-state index contributed by atoms with van der Waals surface area (Å²) in [6.07, 6.45) is 4.19. The Morgan fingerprint density at radius 3 is 2.57 bits per heavy atom. The van der Waals surface area contributed by atoms with Crippen molar-refractivity contribution in [1.29, 1.82) is 0 Å². The van der Waals surface area contributed by atoms with Gasteiger partial charge in [-0.1, -0.05) is 20.8 Å². The standard InChI is InChI=1S/C12H25NS/c1-10(2)6-7-14-9-11(3)8-13-12-4-5-12/h10-13H,4-9H2,1-3H3. The summed E-state index contributed by atoms with van der Waals surface area (Å²) < 4.78 is 0. The molecule has 1 aliphatic carbocycles. The highest BCUT2D eigenvalue weighted by molar-refractivity contribution is 7.99. The van der Waals surface area contributed by atoms with Crippen LogP contribution in [-0.2, 0) is 0 Å². The van der Waals surface area contributed by atoms with Crippen LogP contribution < -0.4 is 5.32 Å². The van der Waals surface area contributed by atoms with E-state index in [-0.39, 0.29) is 0 Å². The minimum atomic E-state index is 0.841. The summed E-state index contributed by atoms with van der Waals surface area (Å²) >= 11 is 2.12. The molecule has 0 aromatic rings. The van der Waals surface area contributed by atoms with Crippen molar-refractivity contribution in [2.24, 2.45) is 11.8 Å². The number of hydrogen-bond donors (Lipinski definition) is 1. The average molecular weight is 215 g/mol. The lowest BCUT2D eigenvalue weighted by molar-refractivity contribution is 0.556. The van der Waals surface area contributed by atoms with Gasteiger partial charge >= 0.3 is 0 Å². The smallest absolute Gasteiger partial charge is 0.00683 e. The second-order valence-corrected chi connectivity index (χ2v) is 6.19. The largest absolute Gasteiger partial charge is 0.314 e. The predicted molar refractivity (Wildman–Crippen MR) is 67.0 cm³/mol. The minimum absolute atomic E-state index is 0.841. The van der Waals surface area contributed by atoms with Crippen molar-refractivity contribution in [3.05, 3.63) is 0 Å². The van der Waals surface area contributed by atoms with Gasteiger partial charge in [0.2, 0.25) is 0 Å². The summed E-state index contributed by atoms with van der Waals surface area (Å²) in [7, 11) is 0. The van der Waals surface area contributed by atoms with Crippen molar-refractivity contribution in [3.8, 4) is 0 Å². The van der Waals surface area contributed by atoms with E-state index in [1.54, 1.807) is 0 Å². The predicted octanol–water partition coefficient (Wildman–Crippen LogP) is 3.15. The summed E-state index contributed by atoms with van der Waals surface area (Å²) in [5.74, 6) is 4.37. The van der Waals surface area contributed by atoms with Crippen molar-refractivity contribution in [2.45, 2.75) is 46.1 Å². The second kappa shape index (κ2) is 6.73.